The highest BCUT2D eigenvalue weighted by atomic mass is 16.7. The first kappa shape index (κ1) is 33.9. The second-order valence-electron chi connectivity index (χ2n) is 11.2. The lowest BCUT2D eigenvalue weighted by atomic mass is 10.1. The third-order valence-electron chi connectivity index (χ3n) is 5.82. The molecule has 220 valence electrons. The van der Waals surface area contributed by atoms with Crippen molar-refractivity contribution in [3.8, 4) is 11.5 Å². The minimum Gasteiger partial charge on any atom is -0.458 e. The van der Waals surface area contributed by atoms with Gasteiger partial charge in [-0.05, 0) is 70.1 Å². The molecule has 0 radical (unpaired) electrons. The van der Waals surface area contributed by atoms with Gasteiger partial charge in [-0.25, -0.2) is 4.79 Å². The summed E-state index contributed by atoms with van der Waals surface area (Å²) < 4.78 is 26.8. The minimum absolute atomic E-state index is 0.0580. The molecule has 0 bridgehead atoms. The summed E-state index contributed by atoms with van der Waals surface area (Å²) in [6, 6.07) is 3.60. The van der Waals surface area contributed by atoms with Gasteiger partial charge in [0.2, 0.25) is 0 Å². The normalized spacial score (nSPS) is 13.8. The quantitative estimate of drug-likeness (QED) is 0.245. The highest BCUT2D eigenvalue weighted by molar-refractivity contribution is 5.77. The molecule has 0 aliphatic carbocycles. The molecule has 0 spiro atoms. The maximum absolute atomic E-state index is 12.6. The fourth-order valence-corrected chi connectivity index (χ4v) is 3.11. The molecule has 0 saturated heterocycles. The summed E-state index contributed by atoms with van der Waals surface area (Å²) in [5.74, 6) is -1.29. The maximum atomic E-state index is 12.6. The molecule has 0 saturated carbocycles. The lowest BCUT2D eigenvalue weighted by Crippen LogP contribution is -2.40. The number of rotatable bonds is 14. The van der Waals surface area contributed by atoms with Crippen LogP contribution < -0.4 is 15.2 Å². The second kappa shape index (κ2) is 15.5. The van der Waals surface area contributed by atoms with Gasteiger partial charge in [-0.3, -0.25) is 14.4 Å². The van der Waals surface area contributed by atoms with Crippen LogP contribution in [0.3, 0.4) is 0 Å². The van der Waals surface area contributed by atoms with Crippen LogP contribution in [0, 0.1) is 11.8 Å². The Morgan fingerprint density at radius 3 is 1.85 bits per heavy atom. The maximum Gasteiger partial charge on any atom is 0.509 e. The lowest BCUT2D eigenvalue weighted by Gasteiger charge is -2.26. The molecule has 0 heterocycles. The van der Waals surface area contributed by atoms with Gasteiger partial charge < -0.3 is 29.4 Å². The van der Waals surface area contributed by atoms with E-state index in [-0.39, 0.29) is 42.6 Å². The Labute approximate surface area is 231 Å². The molecule has 0 aliphatic rings. The van der Waals surface area contributed by atoms with E-state index in [0.717, 1.165) is 0 Å². The molecule has 1 rings (SSSR count). The first-order valence-corrected chi connectivity index (χ1v) is 13.4. The number of esters is 3. The van der Waals surface area contributed by atoms with Gasteiger partial charge in [0.05, 0.1) is 0 Å². The van der Waals surface area contributed by atoms with Crippen molar-refractivity contribution in [3.63, 3.8) is 0 Å². The van der Waals surface area contributed by atoms with Crippen LogP contribution in [0.25, 0.3) is 0 Å². The van der Waals surface area contributed by atoms with Crippen molar-refractivity contribution in [1.82, 2.24) is 0 Å². The average molecular weight is 552 g/mol. The number of hydrogen-bond acceptors (Lipinski definition) is 10. The summed E-state index contributed by atoms with van der Waals surface area (Å²) in [6.45, 7) is 16.1. The van der Waals surface area contributed by atoms with E-state index >= 15 is 0 Å². The number of hydrogen-bond donors (Lipinski definition) is 1. The molecule has 0 aliphatic heterocycles. The molecule has 1 unspecified atom stereocenters. The number of nitrogens with two attached hydrogens (primary N) is 1. The van der Waals surface area contributed by atoms with Crippen molar-refractivity contribution >= 4 is 24.1 Å². The van der Waals surface area contributed by atoms with Gasteiger partial charge in [-0.2, -0.15) is 0 Å². The fourth-order valence-electron chi connectivity index (χ4n) is 3.11. The van der Waals surface area contributed by atoms with Gasteiger partial charge >= 0.3 is 24.1 Å². The van der Waals surface area contributed by atoms with Crippen molar-refractivity contribution in [1.29, 1.82) is 0 Å². The summed E-state index contributed by atoms with van der Waals surface area (Å²) >= 11 is 0. The molecule has 10 heteroatoms. The Balaban J connectivity index is 2.90. The van der Waals surface area contributed by atoms with Crippen molar-refractivity contribution < 1.29 is 42.9 Å². The Morgan fingerprint density at radius 1 is 0.821 bits per heavy atom. The van der Waals surface area contributed by atoms with Crippen LogP contribution in [-0.4, -0.2) is 47.9 Å². The average Bonchev–Trinajstić information content (AvgIpc) is 2.79. The van der Waals surface area contributed by atoms with Gasteiger partial charge in [-0.15, -0.1) is 0 Å². The molecule has 0 fully saturated rings. The first-order chi connectivity index (χ1) is 18.0. The molecule has 1 aromatic rings. The molecule has 2 N–H and O–H groups in total. The highest BCUT2D eigenvalue weighted by Crippen LogP contribution is 2.30. The molecule has 0 aromatic heterocycles. The summed E-state index contributed by atoms with van der Waals surface area (Å²) in [5.41, 5.74) is 5.98. The smallest absolute Gasteiger partial charge is 0.458 e. The Bertz CT molecular complexity index is 987. The Hall–Kier alpha value is -3.14. The molecular formula is C29H45NO9. The lowest BCUT2D eigenvalue weighted by molar-refractivity contribution is -0.156. The van der Waals surface area contributed by atoms with E-state index in [2.05, 4.69) is 0 Å². The predicted molar refractivity (Wildman–Crippen MR) is 145 cm³/mol. The zero-order chi connectivity index (χ0) is 29.9. The van der Waals surface area contributed by atoms with E-state index in [4.69, 9.17) is 29.4 Å². The van der Waals surface area contributed by atoms with Crippen LogP contribution >= 0.6 is 0 Å². The van der Waals surface area contributed by atoms with Crippen LogP contribution in [0.1, 0.15) is 87.1 Å². The van der Waals surface area contributed by atoms with Gasteiger partial charge in [-0.1, -0.05) is 40.7 Å². The summed E-state index contributed by atoms with van der Waals surface area (Å²) in [5, 5.41) is 0. The number of ether oxygens (including phenoxy) is 5. The van der Waals surface area contributed by atoms with Crippen molar-refractivity contribution in [2.75, 3.05) is 0 Å². The van der Waals surface area contributed by atoms with Crippen LogP contribution in [-0.2, 0) is 35.0 Å². The number of carbonyl (C=O) groups excluding carboxylic acids is 4. The predicted octanol–water partition coefficient (Wildman–Crippen LogP) is 5.12. The SMILES string of the molecule is CCC(C)(C)OC(=O)OC(C)[C@H](C)OC(=O)[C@@H](N)Cc1ccc(OC(=O)CC(C)C)c(OC(=O)CC(C)C)c1. The third kappa shape index (κ3) is 13.0. The summed E-state index contributed by atoms with van der Waals surface area (Å²) in [7, 11) is 0. The van der Waals surface area contributed by atoms with Crippen LogP contribution in [0.4, 0.5) is 4.79 Å². The van der Waals surface area contributed by atoms with Gasteiger partial charge in [0, 0.05) is 12.8 Å². The first-order valence-electron chi connectivity index (χ1n) is 13.4. The van der Waals surface area contributed by atoms with Crippen molar-refractivity contribution in [3.05, 3.63) is 23.8 Å². The van der Waals surface area contributed by atoms with E-state index in [0.29, 0.717) is 12.0 Å². The molecule has 3 atom stereocenters. The molecular weight excluding hydrogens is 506 g/mol. The highest BCUT2D eigenvalue weighted by Gasteiger charge is 2.28. The zero-order valence-electron chi connectivity index (χ0n) is 24.7. The number of carbonyl (C=O) groups is 4. The molecule has 1 aromatic carbocycles. The second-order valence-corrected chi connectivity index (χ2v) is 11.2. The molecule has 0 amide bonds. The van der Waals surface area contributed by atoms with Crippen LogP contribution in [0.15, 0.2) is 18.2 Å². The Kier molecular flexibility index (Phi) is 13.4. The van der Waals surface area contributed by atoms with Crippen molar-refractivity contribution in [2.24, 2.45) is 17.6 Å². The van der Waals surface area contributed by atoms with Crippen LogP contribution in [0.5, 0.6) is 11.5 Å². The summed E-state index contributed by atoms with van der Waals surface area (Å²) in [4.78, 5) is 49.2. The van der Waals surface area contributed by atoms with E-state index in [1.807, 2.05) is 34.6 Å². The fraction of sp³-hybridized carbons (Fsp3) is 0.655. The third-order valence-corrected chi connectivity index (χ3v) is 5.82. The monoisotopic (exact) mass is 551 g/mol. The van der Waals surface area contributed by atoms with E-state index in [1.165, 1.54) is 12.1 Å². The minimum atomic E-state index is -1.06. The van der Waals surface area contributed by atoms with Crippen molar-refractivity contribution in [2.45, 2.75) is 112 Å². The van der Waals surface area contributed by atoms with Gasteiger partial charge in [0.15, 0.2) is 11.5 Å². The number of benzene rings is 1. The zero-order valence-corrected chi connectivity index (χ0v) is 24.7. The summed E-state index contributed by atoms with van der Waals surface area (Å²) in [6.07, 6.45) is -1.36. The molecule has 39 heavy (non-hydrogen) atoms. The van der Waals surface area contributed by atoms with E-state index in [1.54, 1.807) is 33.8 Å². The van der Waals surface area contributed by atoms with Gasteiger partial charge in [0.1, 0.15) is 23.9 Å². The van der Waals surface area contributed by atoms with E-state index in [9.17, 15) is 19.2 Å². The van der Waals surface area contributed by atoms with Gasteiger partial charge in [0.25, 0.3) is 0 Å². The molecule has 10 nitrogen and oxygen atoms in total. The largest absolute Gasteiger partial charge is 0.509 e. The standard InChI is InChI=1S/C29H45NO9/c1-10-29(8,9)39-28(34)36-20(7)19(6)35-27(33)22(30)15-21-11-12-23(37-25(31)13-17(2)3)24(16-21)38-26(32)14-18(4)5/h11-12,16-20,22H,10,13-15,30H2,1-9H3/t19-,20?,22-/m0/s1. The van der Waals surface area contributed by atoms with E-state index < -0.39 is 47.9 Å². The Morgan fingerprint density at radius 2 is 1.33 bits per heavy atom. The topological polar surface area (TPSA) is 140 Å². The van der Waals surface area contributed by atoms with Crippen LogP contribution in [0.2, 0.25) is 0 Å².